The Balaban J connectivity index is 2.93. The molecule has 0 fully saturated rings. The molecule has 0 radical (unpaired) electrons. The van der Waals surface area contributed by atoms with E-state index in [0.29, 0.717) is 16.6 Å². The molecule has 0 amide bonds. The van der Waals surface area contributed by atoms with E-state index >= 15 is 0 Å². The number of benzene rings is 1. The quantitative estimate of drug-likeness (QED) is 0.545. The van der Waals surface area contributed by atoms with Gasteiger partial charge in [-0.25, -0.2) is 4.99 Å². The van der Waals surface area contributed by atoms with Gasteiger partial charge in [0.15, 0.2) is 0 Å². The average Bonchev–Trinajstić information content (AvgIpc) is 2.03. The van der Waals surface area contributed by atoms with Crippen molar-refractivity contribution in [1.29, 1.82) is 0 Å². The third-order valence-corrected chi connectivity index (χ3v) is 2.05. The number of hydrogen-bond donors (Lipinski definition) is 0. The van der Waals surface area contributed by atoms with Crippen LogP contribution in [0.25, 0.3) is 0 Å². The van der Waals surface area contributed by atoms with E-state index in [1.165, 1.54) is 0 Å². The molecule has 0 atom stereocenters. The summed E-state index contributed by atoms with van der Waals surface area (Å²) in [4.78, 5) is 3.77. The summed E-state index contributed by atoms with van der Waals surface area (Å²) in [5.41, 5.74) is 0.901. The lowest BCUT2D eigenvalue weighted by atomic mass is 10.2. The second kappa shape index (κ2) is 4.58. The van der Waals surface area contributed by atoms with Crippen molar-refractivity contribution in [2.75, 3.05) is 0 Å². The zero-order valence-electron chi connectivity index (χ0n) is 6.05. The van der Waals surface area contributed by atoms with E-state index in [4.69, 9.17) is 23.2 Å². The molecule has 1 rings (SSSR count). The van der Waals surface area contributed by atoms with E-state index in [1.54, 1.807) is 12.1 Å². The van der Waals surface area contributed by atoms with Crippen molar-refractivity contribution in [3.05, 3.63) is 33.8 Å². The van der Waals surface area contributed by atoms with Gasteiger partial charge in [0.25, 0.3) is 0 Å². The van der Waals surface area contributed by atoms with E-state index < -0.39 is 0 Å². The first-order valence-electron chi connectivity index (χ1n) is 3.21. The molecular formula is C8H5Cl2NS. The van der Waals surface area contributed by atoms with Crippen LogP contribution >= 0.6 is 35.4 Å². The van der Waals surface area contributed by atoms with Crippen LogP contribution in [0.3, 0.4) is 0 Å². The van der Waals surface area contributed by atoms with Crippen molar-refractivity contribution in [1.82, 2.24) is 0 Å². The third-order valence-electron chi connectivity index (χ3n) is 1.33. The largest absolute Gasteiger partial charge is 0.228 e. The van der Waals surface area contributed by atoms with Gasteiger partial charge in [-0.2, -0.15) is 0 Å². The van der Waals surface area contributed by atoms with Gasteiger partial charge in [-0.3, -0.25) is 0 Å². The standard InChI is InChI=1S/C8H5Cl2NS/c9-7-2-1-6(4-11-5-12)8(10)3-7/h1-3H,4H2. The van der Waals surface area contributed by atoms with Crippen LogP contribution in [-0.2, 0) is 6.54 Å². The maximum absolute atomic E-state index is 5.86. The molecule has 1 nitrogen and oxygen atoms in total. The highest BCUT2D eigenvalue weighted by atomic mass is 35.5. The van der Waals surface area contributed by atoms with E-state index in [9.17, 15) is 0 Å². The maximum atomic E-state index is 5.86. The molecule has 0 saturated carbocycles. The van der Waals surface area contributed by atoms with Crippen molar-refractivity contribution in [2.45, 2.75) is 6.54 Å². The maximum Gasteiger partial charge on any atom is 0.0757 e. The molecule has 0 aliphatic rings. The highest BCUT2D eigenvalue weighted by molar-refractivity contribution is 7.78. The molecule has 4 heteroatoms. The van der Waals surface area contributed by atoms with Crippen molar-refractivity contribution in [3.63, 3.8) is 0 Å². The van der Waals surface area contributed by atoms with Gasteiger partial charge in [-0.1, -0.05) is 29.3 Å². The minimum atomic E-state index is 0.458. The summed E-state index contributed by atoms with van der Waals surface area (Å²) >= 11 is 16.0. The Hall–Kier alpha value is -0.400. The second-order valence-corrected chi connectivity index (χ2v) is 3.17. The van der Waals surface area contributed by atoms with Crippen LogP contribution in [0.4, 0.5) is 0 Å². The number of nitrogens with zero attached hydrogens (tertiary/aromatic N) is 1. The first-order chi connectivity index (χ1) is 5.74. The minimum absolute atomic E-state index is 0.458. The summed E-state index contributed by atoms with van der Waals surface area (Å²) < 4.78 is 0. The number of hydrogen-bond acceptors (Lipinski definition) is 2. The summed E-state index contributed by atoms with van der Waals surface area (Å²) in [5, 5.41) is 3.50. The fourth-order valence-electron chi connectivity index (χ4n) is 0.767. The van der Waals surface area contributed by atoms with E-state index in [2.05, 4.69) is 22.4 Å². The molecule has 0 saturated heterocycles. The van der Waals surface area contributed by atoms with Gasteiger partial charge < -0.3 is 0 Å². The van der Waals surface area contributed by atoms with Gasteiger partial charge in [0, 0.05) is 10.0 Å². The number of isothiocyanates is 1. The van der Waals surface area contributed by atoms with Gasteiger partial charge in [0.05, 0.1) is 11.7 Å². The topological polar surface area (TPSA) is 12.4 Å². The highest BCUT2D eigenvalue weighted by Gasteiger charge is 1.98. The summed E-state index contributed by atoms with van der Waals surface area (Å²) in [6.45, 7) is 0.458. The van der Waals surface area contributed by atoms with Crippen LogP contribution < -0.4 is 0 Å². The van der Waals surface area contributed by atoms with Crippen LogP contribution in [0.15, 0.2) is 23.2 Å². The molecule has 0 heterocycles. The Labute approximate surface area is 86.0 Å². The molecular weight excluding hydrogens is 213 g/mol. The highest BCUT2D eigenvalue weighted by Crippen LogP contribution is 2.21. The normalized spacial score (nSPS) is 9.17. The predicted octanol–water partition coefficient (Wildman–Crippen LogP) is 3.60. The lowest BCUT2D eigenvalue weighted by Gasteiger charge is -1.98. The molecule has 0 N–H and O–H groups in total. The fourth-order valence-corrected chi connectivity index (χ4v) is 1.30. The van der Waals surface area contributed by atoms with E-state index in [1.807, 2.05) is 6.07 Å². The Bertz CT molecular complexity index is 332. The molecule has 1 aromatic carbocycles. The lowest BCUT2D eigenvalue weighted by molar-refractivity contribution is 1.08. The van der Waals surface area contributed by atoms with Crippen LogP contribution in [0.5, 0.6) is 0 Å². The lowest BCUT2D eigenvalue weighted by Crippen LogP contribution is -1.81. The second-order valence-electron chi connectivity index (χ2n) is 2.14. The Morgan fingerprint density at radius 2 is 2.17 bits per heavy atom. The first-order valence-corrected chi connectivity index (χ1v) is 4.38. The minimum Gasteiger partial charge on any atom is -0.228 e. The van der Waals surface area contributed by atoms with Crippen molar-refractivity contribution in [3.8, 4) is 0 Å². The summed E-state index contributed by atoms with van der Waals surface area (Å²) in [6.07, 6.45) is 0. The van der Waals surface area contributed by atoms with Crippen LogP contribution in [0.1, 0.15) is 5.56 Å². The number of aliphatic imine (C=N–C) groups is 1. The van der Waals surface area contributed by atoms with Crippen molar-refractivity contribution >= 4 is 40.6 Å². The number of halogens is 2. The third kappa shape index (κ3) is 2.58. The molecule has 0 unspecified atom stereocenters. The summed E-state index contributed by atoms with van der Waals surface area (Å²) in [7, 11) is 0. The van der Waals surface area contributed by atoms with Gasteiger partial charge in [-0.05, 0) is 29.9 Å². The van der Waals surface area contributed by atoms with Gasteiger partial charge in [-0.15, -0.1) is 0 Å². The van der Waals surface area contributed by atoms with Crippen LogP contribution in [-0.4, -0.2) is 5.16 Å². The number of thiocarbonyl (C=S) groups is 1. The molecule has 0 spiro atoms. The SMILES string of the molecule is S=C=NCc1ccc(Cl)cc1Cl. The fraction of sp³-hybridized carbons (Fsp3) is 0.125. The average molecular weight is 218 g/mol. The molecule has 12 heavy (non-hydrogen) atoms. The van der Waals surface area contributed by atoms with Gasteiger partial charge in [0.1, 0.15) is 0 Å². The molecule has 62 valence electrons. The summed E-state index contributed by atoms with van der Waals surface area (Å²) in [5.74, 6) is 0. The van der Waals surface area contributed by atoms with E-state index in [-0.39, 0.29) is 0 Å². The molecule has 0 aliphatic heterocycles. The van der Waals surface area contributed by atoms with Crippen molar-refractivity contribution < 1.29 is 0 Å². The van der Waals surface area contributed by atoms with Crippen LogP contribution in [0, 0.1) is 0 Å². The molecule has 0 aromatic heterocycles. The Kier molecular flexibility index (Phi) is 3.70. The Morgan fingerprint density at radius 1 is 1.42 bits per heavy atom. The summed E-state index contributed by atoms with van der Waals surface area (Å²) in [6, 6.07) is 5.26. The first kappa shape index (κ1) is 9.69. The molecule has 0 bridgehead atoms. The van der Waals surface area contributed by atoms with E-state index in [0.717, 1.165) is 5.56 Å². The molecule has 0 aliphatic carbocycles. The van der Waals surface area contributed by atoms with Gasteiger partial charge >= 0.3 is 0 Å². The zero-order chi connectivity index (χ0) is 8.97. The van der Waals surface area contributed by atoms with Crippen molar-refractivity contribution in [2.24, 2.45) is 4.99 Å². The zero-order valence-corrected chi connectivity index (χ0v) is 8.38. The molecule has 1 aromatic rings. The Morgan fingerprint density at radius 3 is 2.75 bits per heavy atom. The predicted molar refractivity (Wildman–Crippen MR) is 55.2 cm³/mol. The van der Waals surface area contributed by atoms with Gasteiger partial charge in [0.2, 0.25) is 0 Å². The van der Waals surface area contributed by atoms with Crippen LogP contribution in [0.2, 0.25) is 10.0 Å². The monoisotopic (exact) mass is 217 g/mol. The smallest absolute Gasteiger partial charge is 0.0757 e. The number of rotatable bonds is 2.